The first kappa shape index (κ1) is 21.1. The number of benzene rings is 3. The summed E-state index contributed by atoms with van der Waals surface area (Å²) < 4.78 is 34.8. The highest BCUT2D eigenvalue weighted by Crippen LogP contribution is 2.38. The van der Waals surface area contributed by atoms with E-state index in [0.717, 1.165) is 0 Å². The number of rotatable bonds is 5. The van der Waals surface area contributed by atoms with Crippen molar-refractivity contribution >= 4 is 17.8 Å². The molecular weight excluding hydrogens is 415 g/mol. The first-order chi connectivity index (χ1) is 15.4. The molecule has 0 saturated heterocycles. The molecule has 162 valence electrons. The van der Waals surface area contributed by atoms with Gasteiger partial charge in [0.2, 0.25) is 5.78 Å². The third kappa shape index (κ3) is 4.05. The zero-order valence-electron chi connectivity index (χ0n) is 17.6. The van der Waals surface area contributed by atoms with Gasteiger partial charge in [-0.05, 0) is 66.6 Å². The molecule has 3 aromatic rings. The van der Waals surface area contributed by atoms with E-state index in [1.54, 1.807) is 44.4 Å². The Morgan fingerprint density at radius 3 is 2.38 bits per heavy atom. The molecule has 0 spiro atoms. The molecule has 0 saturated carbocycles. The second kappa shape index (κ2) is 8.55. The highest BCUT2D eigenvalue weighted by molar-refractivity contribution is 6.15. The number of hydrogen-bond donors (Lipinski definition) is 0. The first-order valence-corrected chi connectivity index (χ1v) is 9.68. The monoisotopic (exact) mass is 434 g/mol. The van der Waals surface area contributed by atoms with Gasteiger partial charge in [0.05, 0.1) is 25.3 Å². The zero-order valence-corrected chi connectivity index (χ0v) is 17.6. The number of allylic oxidation sites excluding steroid dienone is 1. The lowest BCUT2D eigenvalue weighted by molar-refractivity contribution is 0.0734. The van der Waals surface area contributed by atoms with Crippen molar-refractivity contribution in [3.63, 3.8) is 0 Å². The van der Waals surface area contributed by atoms with Crippen molar-refractivity contribution in [2.24, 2.45) is 0 Å². The standard InChI is InChI=1S/C25H19FO6/c1-14-10-18(31-25(28)16-5-7-17(26)8-6-16)13-21-23(14)24(27)22(32-21)12-15-4-9-19(29-2)20(11-15)30-3/h4-13H,1-3H3/b22-12-. The predicted octanol–water partition coefficient (Wildman–Crippen LogP) is 4.99. The van der Waals surface area contributed by atoms with Gasteiger partial charge in [0, 0.05) is 6.07 Å². The van der Waals surface area contributed by atoms with Crippen LogP contribution in [0.5, 0.6) is 23.0 Å². The van der Waals surface area contributed by atoms with Crippen molar-refractivity contribution in [2.75, 3.05) is 14.2 Å². The molecule has 32 heavy (non-hydrogen) atoms. The summed E-state index contributed by atoms with van der Waals surface area (Å²) >= 11 is 0. The molecule has 0 atom stereocenters. The van der Waals surface area contributed by atoms with Gasteiger partial charge in [-0.2, -0.15) is 0 Å². The minimum Gasteiger partial charge on any atom is -0.493 e. The van der Waals surface area contributed by atoms with Crippen LogP contribution >= 0.6 is 0 Å². The van der Waals surface area contributed by atoms with E-state index in [1.807, 2.05) is 0 Å². The number of carbonyl (C=O) groups excluding carboxylic acids is 2. The Morgan fingerprint density at radius 1 is 0.969 bits per heavy atom. The summed E-state index contributed by atoms with van der Waals surface area (Å²) in [7, 11) is 3.07. The van der Waals surface area contributed by atoms with Crippen LogP contribution in [0.4, 0.5) is 4.39 Å². The molecule has 0 unspecified atom stereocenters. The third-order valence-corrected chi connectivity index (χ3v) is 4.94. The normalized spacial score (nSPS) is 13.5. The highest BCUT2D eigenvalue weighted by atomic mass is 19.1. The van der Waals surface area contributed by atoms with E-state index < -0.39 is 11.8 Å². The van der Waals surface area contributed by atoms with E-state index >= 15 is 0 Å². The van der Waals surface area contributed by atoms with Crippen molar-refractivity contribution < 1.29 is 32.9 Å². The summed E-state index contributed by atoms with van der Waals surface area (Å²) in [5, 5.41) is 0. The smallest absolute Gasteiger partial charge is 0.343 e. The molecule has 0 aliphatic carbocycles. The topological polar surface area (TPSA) is 71.1 Å². The Bertz CT molecular complexity index is 1240. The maximum atomic E-state index is 13.1. The van der Waals surface area contributed by atoms with Crippen molar-refractivity contribution in [3.05, 3.63) is 88.4 Å². The number of fused-ring (bicyclic) bond motifs is 1. The first-order valence-electron chi connectivity index (χ1n) is 9.68. The van der Waals surface area contributed by atoms with Gasteiger partial charge in [0.25, 0.3) is 0 Å². The number of hydrogen-bond acceptors (Lipinski definition) is 6. The number of esters is 1. The largest absolute Gasteiger partial charge is 0.493 e. The van der Waals surface area contributed by atoms with Gasteiger partial charge in [0.15, 0.2) is 17.3 Å². The Labute approximate surface area is 183 Å². The number of methoxy groups -OCH3 is 2. The molecule has 0 N–H and O–H groups in total. The van der Waals surface area contributed by atoms with Crippen molar-refractivity contribution in [1.82, 2.24) is 0 Å². The fourth-order valence-electron chi connectivity index (χ4n) is 3.38. The lowest BCUT2D eigenvalue weighted by Gasteiger charge is -2.08. The summed E-state index contributed by atoms with van der Waals surface area (Å²) in [6.07, 6.45) is 1.61. The third-order valence-electron chi connectivity index (χ3n) is 4.94. The number of ether oxygens (including phenoxy) is 4. The maximum absolute atomic E-state index is 13.1. The average Bonchev–Trinajstić information content (AvgIpc) is 3.09. The molecule has 1 aliphatic heterocycles. The second-order valence-corrected chi connectivity index (χ2v) is 7.06. The molecule has 4 rings (SSSR count). The molecule has 0 aromatic heterocycles. The Hall–Kier alpha value is -4.13. The van der Waals surface area contributed by atoms with Gasteiger partial charge in [-0.25, -0.2) is 9.18 Å². The number of aryl methyl sites for hydroxylation is 1. The van der Waals surface area contributed by atoms with E-state index in [0.29, 0.717) is 33.9 Å². The van der Waals surface area contributed by atoms with Gasteiger partial charge < -0.3 is 18.9 Å². The molecule has 0 radical (unpaired) electrons. The van der Waals surface area contributed by atoms with Gasteiger partial charge in [-0.1, -0.05) is 6.07 Å². The van der Waals surface area contributed by atoms with Gasteiger partial charge >= 0.3 is 5.97 Å². The molecule has 1 heterocycles. The Kier molecular flexibility index (Phi) is 5.64. The minimum atomic E-state index is -0.644. The average molecular weight is 434 g/mol. The number of ketones is 1. The second-order valence-electron chi connectivity index (χ2n) is 7.06. The van der Waals surface area contributed by atoms with E-state index in [2.05, 4.69) is 0 Å². The van der Waals surface area contributed by atoms with Crippen LogP contribution in [0.2, 0.25) is 0 Å². The van der Waals surface area contributed by atoms with E-state index in [9.17, 15) is 14.0 Å². The molecule has 0 fully saturated rings. The van der Waals surface area contributed by atoms with Crippen LogP contribution in [-0.2, 0) is 0 Å². The van der Waals surface area contributed by atoms with Crippen LogP contribution < -0.4 is 18.9 Å². The summed E-state index contributed by atoms with van der Waals surface area (Å²) in [4.78, 5) is 25.2. The SMILES string of the molecule is COc1ccc(/C=C2\Oc3cc(OC(=O)c4ccc(F)cc4)cc(C)c3C2=O)cc1OC. The maximum Gasteiger partial charge on any atom is 0.343 e. The quantitative estimate of drug-likeness (QED) is 0.320. The predicted molar refractivity (Wildman–Crippen MR) is 115 cm³/mol. The van der Waals surface area contributed by atoms with E-state index in [-0.39, 0.29) is 22.9 Å². The van der Waals surface area contributed by atoms with Crippen molar-refractivity contribution in [1.29, 1.82) is 0 Å². The van der Waals surface area contributed by atoms with Crippen molar-refractivity contribution in [2.45, 2.75) is 6.92 Å². The summed E-state index contributed by atoms with van der Waals surface area (Å²) in [6, 6.07) is 13.3. The van der Waals surface area contributed by atoms with Crippen LogP contribution in [0.1, 0.15) is 31.8 Å². The molecule has 0 amide bonds. The van der Waals surface area contributed by atoms with Crippen LogP contribution in [0, 0.1) is 12.7 Å². The molecule has 6 nitrogen and oxygen atoms in total. The number of halogens is 1. The fourth-order valence-corrected chi connectivity index (χ4v) is 3.38. The summed E-state index contributed by atoms with van der Waals surface area (Å²) in [5.74, 6) is 0.377. The minimum absolute atomic E-state index is 0.136. The van der Waals surface area contributed by atoms with Gasteiger partial charge in [-0.15, -0.1) is 0 Å². The van der Waals surface area contributed by atoms with Gasteiger partial charge in [0.1, 0.15) is 17.3 Å². The molecule has 7 heteroatoms. The molecule has 3 aromatic carbocycles. The fraction of sp³-hybridized carbons (Fsp3) is 0.120. The van der Waals surface area contributed by atoms with Crippen molar-refractivity contribution in [3.8, 4) is 23.0 Å². The zero-order chi connectivity index (χ0) is 22.8. The van der Waals surface area contributed by atoms with Crippen LogP contribution in [0.15, 0.2) is 60.4 Å². The van der Waals surface area contributed by atoms with E-state index in [1.165, 1.54) is 37.4 Å². The van der Waals surface area contributed by atoms with Crippen LogP contribution in [0.25, 0.3) is 6.08 Å². The lowest BCUT2D eigenvalue weighted by Crippen LogP contribution is -2.08. The summed E-state index contributed by atoms with van der Waals surface area (Å²) in [6.45, 7) is 1.73. The van der Waals surface area contributed by atoms with Gasteiger partial charge in [-0.3, -0.25) is 4.79 Å². The Morgan fingerprint density at radius 2 is 1.69 bits per heavy atom. The molecular formula is C25H19FO6. The number of Topliss-reactive ketones (excluding diaryl/α,β-unsaturated/α-hetero) is 1. The molecule has 1 aliphatic rings. The van der Waals surface area contributed by atoms with E-state index in [4.69, 9.17) is 18.9 Å². The van der Waals surface area contributed by atoms with Crippen LogP contribution in [0.3, 0.4) is 0 Å². The Balaban J connectivity index is 1.60. The lowest BCUT2D eigenvalue weighted by atomic mass is 10.0. The molecule has 0 bridgehead atoms. The number of carbonyl (C=O) groups is 2. The highest BCUT2D eigenvalue weighted by Gasteiger charge is 2.30. The summed E-state index contributed by atoms with van der Waals surface area (Å²) in [5.41, 5.74) is 1.90. The van der Waals surface area contributed by atoms with Crippen LogP contribution in [-0.4, -0.2) is 26.0 Å².